The average molecular weight is 451 g/mol. The first-order valence-electron chi connectivity index (χ1n) is 10.4. The molecule has 0 aliphatic carbocycles. The number of halogens is 1. The van der Waals surface area contributed by atoms with Crippen molar-refractivity contribution in [3.05, 3.63) is 64.2 Å². The van der Waals surface area contributed by atoms with Gasteiger partial charge in [0, 0.05) is 11.4 Å². The molecule has 2 fully saturated rings. The first kappa shape index (κ1) is 22.5. The van der Waals surface area contributed by atoms with Crippen LogP contribution in [-0.2, 0) is 15.9 Å². The summed E-state index contributed by atoms with van der Waals surface area (Å²) in [6.07, 6.45) is -4.15. The summed E-state index contributed by atoms with van der Waals surface area (Å²) in [4.78, 5) is 0. The van der Waals surface area contributed by atoms with E-state index >= 15 is 0 Å². The summed E-state index contributed by atoms with van der Waals surface area (Å²) in [5, 5.41) is 40.1. The van der Waals surface area contributed by atoms with Crippen molar-refractivity contribution < 1.29 is 34.6 Å². The molecule has 2 aromatic carbocycles. The Kier molecular flexibility index (Phi) is 7.13. The molecule has 2 heterocycles. The molecule has 0 bridgehead atoms. The van der Waals surface area contributed by atoms with Crippen molar-refractivity contribution in [2.24, 2.45) is 0 Å². The fourth-order valence-corrected chi connectivity index (χ4v) is 4.20. The first-order chi connectivity index (χ1) is 15.0. The van der Waals surface area contributed by atoms with Gasteiger partial charge in [0.1, 0.15) is 42.4 Å². The number of benzene rings is 2. The lowest BCUT2D eigenvalue weighted by atomic mass is 9.96. The fraction of sp³-hybridized carbons (Fsp3) is 0.478. The average Bonchev–Trinajstić information content (AvgIpc) is 3.39. The maximum absolute atomic E-state index is 10.4. The third-order valence-electron chi connectivity index (χ3n) is 5.77. The zero-order valence-corrected chi connectivity index (χ0v) is 17.7. The van der Waals surface area contributed by atoms with Crippen LogP contribution >= 0.6 is 11.6 Å². The van der Waals surface area contributed by atoms with Crippen LogP contribution in [0, 0.1) is 0 Å². The highest BCUT2D eigenvalue weighted by atomic mass is 35.5. The van der Waals surface area contributed by atoms with Crippen molar-refractivity contribution in [2.45, 2.75) is 49.5 Å². The Morgan fingerprint density at radius 3 is 2.55 bits per heavy atom. The van der Waals surface area contributed by atoms with Gasteiger partial charge in [0.25, 0.3) is 0 Å². The molecule has 0 spiro atoms. The van der Waals surface area contributed by atoms with Gasteiger partial charge in [-0.25, -0.2) is 0 Å². The lowest BCUT2D eigenvalue weighted by molar-refractivity contribution is -0.0820. The molecule has 2 aliphatic heterocycles. The van der Waals surface area contributed by atoms with E-state index in [1.165, 1.54) is 0 Å². The van der Waals surface area contributed by atoms with Gasteiger partial charge in [-0.3, -0.25) is 0 Å². The topological polar surface area (TPSA) is 109 Å². The summed E-state index contributed by atoms with van der Waals surface area (Å²) >= 11 is 6.40. The van der Waals surface area contributed by atoms with Crippen molar-refractivity contribution in [1.82, 2.24) is 0 Å². The quantitative estimate of drug-likeness (QED) is 0.507. The van der Waals surface area contributed by atoms with E-state index in [1.807, 2.05) is 30.3 Å². The molecule has 2 aliphatic rings. The molecule has 6 atom stereocenters. The standard InChI is InChI=1S/C23H27ClO7/c24-18-6-3-14(22-20(27)21(28)23(31-22)19(26)11-25)10-15(18)9-13-1-4-16(5-2-13)30-17-7-8-29-12-17/h1-6,10,17,19-23,25-28H,7-9,11-12H2/t17-,19+,20+,21+,22-,23-/m0/s1. The molecule has 0 amide bonds. The maximum atomic E-state index is 10.4. The van der Waals surface area contributed by atoms with Crippen LogP contribution in [-0.4, -0.2) is 70.8 Å². The molecule has 2 aromatic rings. The van der Waals surface area contributed by atoms with Gasteiger partial charge in [0.05, 0.1) is 19.8 Å². The second kappa shape index (κ2) is 9.83. The van der Waals surface area contributed by atoms with E-state index in [2.05, 4.69) is 0 Å². The lowest BCUT2D eigenvalue weighted by Gasteiger charge is -2.19. The molecule has 4 N–H and O–H groups in total. The molecule has 0 unspecified atom stereocenters. The van der Waals surface area contributed by atoms with Gasteiger partial charge in [0.15, 0.2) is 0 Å². The summed E-state index contributed by atoms with van der Waals surface area (Å²) in [5.41, 5.74) is 2.52. The predicted octanol–water partition coefficient (Wildman–Crippen LogP) is 1.61. The van der Waals surface area contributed by atoms with E-state index in [-0.39, 0.29) is 6.10 Å². The van der Waals surface area contributed by atoms with Crippen LogP contribution in [0.2, 0.25) is 5.02 Å². The molecule has 31 heavy (non-hydrogen) atoms. The molecule has 8 heteroatoms. The van der Waals surface area contributed by atoms with E-state index in [1.54, 1.807) is 12.1 Å². The van der Waals surface area contributed by atoms with Crippen LogP contribution in [0.5, 0.6) is 5.75 Å². The fourth-order valence-electron chi connectivity index (χ4n) is 4.01. The second-order valence-electron chi connectivity index (χ2n) is 8.03. The molecule has 0 aromatic heterocycles. The third-order valence-corrected chi connectivity index (χ3v) is 6.14. The highest BCUT2D eigenvalue weighted by Crippen LogP contribution is 2.36. The van der Waals surface area contributed by atoms with Crippen LogP contribution in [0.1, 0.15) is 29.2 Å². The number of ether oxygens (including phenoxy) is 3. The van der Waals surface area contributed by atoms with Crippen LogP contribution in [0.3, 0.4) is 0 Å². The van der Waals surface area contributed by atoms with E-state index in [4.69, 9.17) is 30.9 Å². The van der Waals surface area contributed by atoms with Crippen molar-refractivity contribution in [1.29, 1.82) is 0 Å². The van der Waals surface area contributed by atoms with Gasteiger partial charge in [-0.1, -0.05) is 35.9 Å². The first-order valence-corrected chi connectivity index (χ1v) is 10.8. The predicted molar refractivity (Wildman–Crippen MR) is 113 cm³/mol. The highest BCUT2D eigenvalue weighted by molar-refractivity contribution is 6.31. The highest BCUT2D eigenvalue weighted by Gasteiger charge is 2.46. The molecule has 7 nitrogen and oxygen atoms in total. The number of aliphatic hydroxyl groups excluding tert-OH is 4. The molecule has 2 saturated heterocycles. The number of hydrogen-bond acceptors (Lipinski definition) is 7. The van der Waals surface area contributed by atoms with Crippen molar-refractivity contribution in [3.63, 3.8) is 0 Å². The Morgan fingerprint density at radius 2 is 1.87 bits per heavy atom. The normalized spacial score (nSPS) is 29.3. The van der Waals surface area contributed by atoms with Gasteiger partial charge in [0.2, 0.25) is 0 Å². The van der Waals surface area contributed by atoms with Crippen molar-refractivity contribution in [3.8, 4) is 5.75 Å². The lowest BCUT2D eigenvalue weighted by Crippen LogP contribution is -2.40. The zero-order valence-electron chi connectivity index (χ0n) is 16.9. The summed E-state index contributed by atoms with van der Waals surface area (Å²) in [5.74, 6) is 0.795. The Morgan fingerprint density at radius 1 is 1.10 bits per heavy atom. The molecule has 4 rings (SSSR count). The SMILES string of the molecule is OC[C@@H](O)[C@@H]1O[C@@H](c2ccc(Cl)c(Cc3ccc(O[C@H]4CCOC4)cc3)c2)[C@H](O)[C@H]1O. The van der Waals surface area contributed by atoms with Gasteiger partial charge in [-0.2, -0.15) is 0 Å². The summed E-state index contributed by atoms with van der Waals surface area (Å²) in [6, 6.07) is 13.1. The van der Waals surface area contributed by atoms with Crippen molar-refractivity contribution in [2.75, 3.05) is 19.8 Å². The van der Waals surface area contributed by atoms with Gasteiger partial charge < -0.3 is 34.6 Å². The second-order valence-corrected chi connectivity index (χ2v) is 8.43. The van der Waals surface area contributed by atoms with Gasteiger partial charge >= 0.3 is 0 Å². The number of hydrogen-bond donors (Lipinski definition) is 4. The largest absolute Gasteiger partial charge is 0.488 e. The van der Waals surface area contributed by atoms with Gasteiger partial charge in [-0.15, -0.1) is 0 Å². The van der Waals surface area contributed by atoms with Crippen molar-refractivity contribution >= 4 is 11.6 Å². The summed E-state index contributed by atoms with van der Waals surface area (Å²) in [6.45, 7) is 0.776. The Balaban J connectivity index is 1.47. The van der Waals surface area contributed by atoms with Crippen LogP contribution in [0.4, 0.5) is 0 Å². The van der Waals surface area contributed by atoms with E-state index < -0.39 is 37.1 Å². The molecule has 0 radical (unpaired) electrons. The molecular weight excluding hydrogens is 424 g/mol. The summed E-state index contributed by atoms with van der Waals surface area (Å²) < 4.78 is 16.9. The van der Waals surface area contributed by atoms with E-state index in [0.29, 0.717) is 23.6 Å². The molecular formula is C23H27ClO7. The number of rotatable bonds is 7. The third kappa shape index (κ3) is 5.04. The van der Waals surface area contributed by atoms with E-state index in [9.17, 15) is 15.3 Å². The Labute approximate surface area is 185 Å². The minimum atomic E-state index is -1.30. The molecule has 168 valence electrons. The zero-order chi connectivity index (χ0) is 22.0. The van der Waals surface area contributed by atoms with Crippen LogP contribution in [0.25, 0.3) is 0 Å². The number of aliphatic hydroxyl groups is 4. The maximum Gasteiger partial charge on any atom is 0.124 e. The smallest absolute Gasteiger partial charge is 0.124 e. The minimum absolute atomic E-state index is 0.0957. The van der Waals surface area contributed by atoms with Crippen LogP contribution in [0.15, 0.2) is 42.5 Å². The van der Waals surface area contributed by atoms with Gasteiger partial charge in [-0.05, 0) is 41.3 Å². The monoisotopic (exact) mass is 450 g/mol. The van der Waals surface area contributed by atoms with E-state index in [0.717, 1.165) is 29.9 Å². The Hall–Kier alpha value is -1.71. The van der Waals surface area contributed by atoms with Crippen LogP contribution < -0.4 is 4.74 Å². The molecule has 0 saturated carbocycles. The summed E-state index contributed by atoms with van der Waals surface area (Å²) in [7, 11) is 0. The Bertz CT molecular complexity index is 869. The minimum Gasteiger partial charge on any atom is -0.488 e.